The van der Waals surface area contributed by atoms with E-state index in [1.807, 2.05) is 6.92 Å². The van der Waals surface area contributed by atoms with Crippen molar-refractivity contribution in [3.8, 4) is 0 Å². The van der Waals surface area contributed by atoms with Gasteiger partial charge >= 0.3 is 0 Å². The van der Waals surface area contributed by atoms with Crippen LogP contribution in [0.15, 0.2) is 35.4 Å². The van der Waals surface area contributed by atoms with Crippen LogP contribution in [0, 0.1) is 6.92 Å². The van der Waals surface area contributed by atoms with Crippen LogP contribution in [-0.4, -0.2) is 15.3 Å². The number of nitrogens with one attached hydrogen (secondary N) is 1. The Labute approximate surface area is 139 Å². The molecule has 0 unspecified atom stereocenters. The lowest BCUT2D eigenvalue weighted by molar-refractivity contribution is 0.102. The second kappa shape index (κ2) is 5.72. The monoisotopic (exact) mass is 353 g/mol. The molecule has 2 aromatic heterocycles. The number of carbonyl (C=O) groups excluding carboxylic acids is 1. The van der Waals surface area contributed by atoms with Crippen molar-refractivity contribution in [2.75, 3.05) is 5.32 Å². The number of halogens is 2. The summed E-state index contributed by atoms with van der Waals surface area (Å²) in [6, 6.07) is 4.69. The van der Waals surface area contributed by atoms with E-state index >= 15 is 0 Å². The molecule has 1 N–H and O–H groups in total. The molecule has 0 saturated carbocycles. The van der Waals surface area contributed by atoms with Gasteiger partial charge in [-0.2, -0.15) is 0 Å². The lowest BCUT2D eigenvalue weighted by Gasteiger charge is -2.07. The molecule has 2 heterocycles. The number of fused-ring (bicyclic) bond motifs is 1. The van der Waals surface area contributed by atoms with Gasteiger partial charge in [-0.15, -0.1) is 11.3 Å². The largest absolute Gasteiger partial charge is 0.320 e. The van der Waals surface area contributed by atoms with Crippen molar-refractivity contribution in [2.24, 2.45) is 0 Å². The number of hydrogen-bond acceptors (Lipinski definition) is 4. The minimum atomic E-state index is -0.583. The van der Waals surface area contributed by atoms with E-state index in [0.29, 0.717) is 20.7 Å². The van der Waals surface area contributed by atoms with Gasteiger partial charge in [0.1, 0.15) is 5.56 Å². The first kappa shape index (κ1) is 15.0. The van der Waals surface area contributed by atoms with Crippen LogP contribution in [0.1, 0.15) is 15.2 Å². The molecule has 0 radical (unpaired) electrons. The molecule has 0 aliphatic heterocycles. The molecule has 5 nitrogen and oxygen atoms in total. The Bertz CT molecular complexity index is 949. The van der Waals surface area contributed by atoms with Gasteiger partial charge in [-0.3, -0.25) is 14.0 Å². The average molecular weight is 354 g/mol. The molecule has 1 amide bonds. The maximum atomic E-state index is 12.3. The molecule has 22 heavy (non-hydrogen) atoms. The summed E-state index contributed by atoms with van der Waals surface area (Å²) in [7, 11) is 0. The number of amides is 1. The van der Waals surface area contributed by atoms with Crippen molar-refractivity contribution in [3.63, 3.8) is 0 Å². The topological polar surface area (TPSA) is 63.5 Å². The van der Waals surface area contributed by atoms with Gasteiger partial charge in [0.05, 0.1) is 10.7 Å². The quantitative estimate of drug-likeness (QED) is 0.765. The maximum Gasteiger partial charge on any atom is 0.271 e. The summed E-state index contributed by atoms with van der Waals surface area (Å²) in [5, 5.41) is 3.34. The minimum Gasteiger partial charge on any atom is -0.320 e. The van der Waals surface area contributed by atoms with Crippen LogP contribution in [-0.2, 0) is 0 Å². The Morgan fingerprint density at radius 3 is 2.91 bits per heavy atom. The molecule has 0 saturated heterocycles. The number of aromatic nitrogens is 2. The first-order valence-electron chi connectivity index (χ1n) is 6.20. The maximum absolute atomic E-state index is 12.3. The third-order valence-corrected chi connectivity index (χ3v) is 4.42. The fraction of sp³-hybridized carbons (Fsp3) is 0.0714. The Hall–Kier alpha value is -1.89. The number of thiazole rings is 1. The van der Waals surface area contributed by atoms with Gasteiger partial charge < -0.3 is 5.32 Å². The van der Waals surface area contributed by atoms with Gasteiger partial charge in [-0.1, -0.05) is 23.2 Å². The van der Waals surface area contributed by atoms with Crippen molar-refractivity contribution < 1.29 is 4.79 Å². The second-order valence-electron chi connectivity index (χ2n) is 4.55. The summed E-state index contributed by atoms with van der Waals surface area (Å²) in [5.74, 6) is -0.583. The first-order chi connectivity index (χ1) is 10.5. The molecule has 0 spiro atoms. The first-order valence-corrected chi connectivity index (χ1v) is 7.77. The minimum absolute atomic E-state index is 0.0636. The highest BCUT2D eigenvalue weighted by atomic mass is 35.5. The van der Waals surface area contributed by atoms with Crippen LogP contribution >= 0.6 is 34.5 Å². The van der Waals surface area contributed by atoms with E-state index in [1.54, 1.807) is 18.3 Å². The summed E-state index contributed by atoms with van der Waals surface area (Å²) in [6.45, 7) is 1.87. The van der Waals surface area contributed by atoms with Crippen LogP contribution in [0.2, 0.25) is 10.0 Å². The summed E-state index contributed by atoms with van der Waals surface area (Å²) >= 11 is 13.2. The number of hydrogen-bond donors (Lipinski definition) is 1. The van der Waals surface area contributed by atoms with Crippen LogP contribution in [0.25, 0.3) is 4.96 Å². The summed E-state index contributed by atoms with van der Waals surface area (Å²) in [6.07, 6.45) is 2.92. The van der Waals surface area contributed by atoms with E-state index in [2.05, 4.69) is 10.3 Å². The number of carbonyl (C=O) groups is 1. The Morgan fingerprint density at radius 2 is 2.14 bits per heavy atom. The molecule has 3 rings (SSSR count). The van der Waals surface area contributed by atoms with Crippen LogP contribution in [0.3, 0.4) is 0 Å². The van der Waals surface area contributed by atoms with Crippen molar-refractivity contribution in [3.05, 3.63) is 61.4 Å². The predicted octanol–water partition coefficient (Wildman–Crippen LogP) is 3.62. The average Bonchev–Trinajstić information content (AvgIpc) is 2.84. The third kappa shape index (κ3) is 2.72. The van der Waals surface area contributed by atoms with E-state index in [1.165, 1.54) is 28.0 Å². The molecular formula is C14H9Cl2N3O2S. The van der Waals surface area contributed by atoms with E-state index in [9.17, 15) is 9.59 Å². The number of anilines is 1. The smallest absolute Gasteiger partial charge is 0.271 e. The SMILES string of the molecule is Cc1cn2c(=O)c(C(=O)Nc3cc(Cl)ccc3Cl)cnc2s1. The molecule has 3 aromatic rings. The summed E-state index contributed by atoms with van der Waals surface area (Å²) in [5.41, 5.74) is -0.151. The van der Waals surface area contributed by atoms with Gasteiger partial charge in [0, 0.05) is 22.3 Å². The zero-order valence-corrected chi connectivity index (χ0v) is 13.6. The number of aryl methyl sites for hydroxylation is 1. The normalized spacial score (nSPS) is 10.9. The molecule has 0 aliphatic rings. The van der Waals surface area contributed by atoms with Crippen LogP contribution < -0.4 is 10.9 Å². The van der Waals surface area contributed by atoms with Crippen molar-refractivity contribution in [2.45, 2.75) is 6.92 Å². The van der Waals surface area contributed by atoms with Crippen molar-refractivity contribution in [1.82, 2.24) is 9.38 Å². The highest BCUT2D eigenvalue weighted by Gasteiger charge is 2.16. The number of nitrogens with zero attached hydrogens (tertiary/aromatic N) is 2. The van der Waals surface area contributed by atoms with Crippen LogP contribution in [0.4, 0.5) is 5.69 Å². The van der Waals surface area contributed by atoms with Gasteiger partial charge in [0.25, 0.3) is 11.5 Å². The zero-order chi connectivity index (χ0) is 15.9. The lowest BCUT2D eigenvalue weighted by Crippen LogP contribution is -2.25. The predicted molar refractivity (Wildman–Crippen MR) is 88.5 cm³/mol. The highest BCUT2D eigenvalue weighted by Crippen LogP contribution is 2.25. The molecule has 112 valence electrons. The molecule has 0 atom stereocenters. The number of benzene rings is 1. The third-order valence-electron chi connectivity index (χ3n) is 2.94. The summed E-state index contributed by atoms with van der Waals surface area (Å²) < 4.78 is 1.36. The van der Waals surface area contributed by atoms with Gasteiger partial charge in [0.2, 0.25) is 0 Å². The molecular weight excluding hydrogens is 345 g/mol. The van der Waals surface area contributed by atoms with E-state index in [-0.39, 0.29) is 5.56 Å². The summed E-state index contributed by atoms with van der Waals surface area (Å²) in [4.78, 5) is 30.2. The van der Waals surface area contributed by atoms with Gasteiger partial charge in [-0.05, 0) is 25.1 Å². The van der Waals surface area contributed by atoms with Gasteiger partial charge in [0.15, 0.2) is 4.96 Å². The Balaban J connectivity index is 2.00. The fourth-order valence-electron chi connectivity index (χ4n) is 1.93. The van der Waals surface area contributed by atoms with E-state index in [4.69, 9.17) is 23.2 Å². The standard InChI is InChI=1S/C14H9Cl2N3O2S/c1-7-6-19-13(21)9(5-17-14(19)22-7)12(20)18-11-4-8(15)2-3-10(11)16/h2-6H,1H3,(H,18,20). The van der Waals surface area contributed by atoms with Crippen molar-refractivity contribution in [1.29, 1.82) is 0 Å². The molecule has 0 fully saturated rings. The van der Waals surface area contributed by atoms with Crippen LogP contribution in [0.5, 0.6) is 0 Å². The van der Waals surface area contributed by atoms with E-state index in [0.717, 1.165) is 4.88 Å². The molecule has 1 aromatic carbocycles. The fourth-order valence-corrected chi connectivity index (χ4v) is 3.06. The molecule has 0 aliphatic carbocycles. The van der Waals surface area contributed by atoms with E-state index < -0.39 is 11.5 Å². The highest BCUT2D eigenvalue weighted by molar-refractivity contribution is 7.16. The number of rotatable bonds is 2. The van der Waals surface area contributed by atoms with Gasteiger partial charge in [-0.25, -0.2) is 4.98 Å². The lowest BCUT2D eigenvalue weighted by atomic mass is 10.2. The van der Waals surface area contributed by atoms with Crippen molar-refractivity contribution >= 4 is 51.1 Å². The molecule has 8 heteroatoms. The second-order valence-corrected chi connectivity index (χ2v) is 6.61. The zero-order valence-electron chi connectivity index (χ0n) is 11.3. The Morgan fingerprint density at radius 1 is 1.36 bits per heavy atom. The molecule has 0 bridgehead atoms. The Kier molecular flexibility index (Phi) is 3.90.